The summed E-state index contributed by atoms with van der Waals surface area (Å²) in [6.07, 6.45) is 3.65. The average Bonchev–Trinajstić information content (AvgIpc) is 2.77. The van der Waals surface area contributed by atoms with E-state index in [0.29, 0.717) is 24.4 Å². The maximum atomic E-state index is 10.7. The molecular formula is C13H20N2O3. The van der Waals surface area contributed by atoms with Gasteiger partial charge in [-0.1, -0.05) is 6.42 Å². The second-order valence-corrected chi connectivity index (χ2v) is 4.94. The summed E-state index contributed by atoms with van der Waals surface area (Å²) in [5.74, 6) is -0.384. The molecule has 2 heterocycles. The number of hydrazine groups is 1. The number of rotatable bonds is 4. The van der Waals surface area contributed by atoms with Crippen molar-refractivity contribution in [1.82, 2.24) is 10.4 Å². The van der Waals surface area contributed by atoms with E-state index in [-0.39, 0.29) is 5.76 Å². The first-order valence-electron chi connectivity index (χ1n) is 6.41. The number of nitrogens with zero attached hydrogens (tertiary/aromatic N) is 1. The van der Waals surface area contributed by atoms with E-state index < -0.39 is 5.97 Å². The van der Waals surface area contributed by atoms with Gasteiger partial charge in [-0.2, -0.15) is 0 Å². The third kappa shape index (κ3) is 2.91. The molecule has 5 heteroatoms. The number of carboxylic acid groups (broad SMARTS) is 1. The fourth-order valence-corrected chi connectivity index (χ4v) is 2.49. The molecule has 5 nitrogen and oxygen atoms in total. The topological polar surface area (TPSA) is 65.7 Å². The van der Waals surface area contributed by atoms with E-state index in [1.54, 1.807) is 6.07 Å². The molecule has 1 aromatic heterocycles. The molecule has 1 saturated heterocycles. The van der Waals surface area contributed by atoms with Gasteiger partial charge >= 0.3 is 5.97 Å². The number of carboxylic acids is 1. The molecule has 100 valence electrons. The van der Waals surface area contributed by atoms with Gasteiger partial charge in [-0.3, -0.25) is 0 Å². The zero-order valence-electron chi connectivity index (χ0n) is 10.8. The molecule has 2 unspecified atom stereocenters. The molecule has 0 spiro atoms. The molecule has 0 aromatic carbocycles. The van der Waals surface area contributed by atoms with Crippen LogP contribution in [-0.2, 0) is 6.54 Å². The van der Waals surface area contributed by atoms with Crippen LogP contribution in [0.25, 0.3) is 0 Å². The summed E-state index contributed by atoms with van der Waals surface area (Å²) in [6, 6.07) is 4.20. The van der Waals surface area contributed by atoms with E-state index in [2.05, 4.69) is 24.3 Å². The fourth-order valence-electron chi connectivity index (χ4n) is 2.49. The standard InChI is InChI=1S/C13H20N2O3/c1-9-4-3-5-10(2)15(9)14-8-11-6-7-12(18-11)13(16)17/h6-7,9-10,14H,3-5,8H2,1-2H3,(H,16,17). The largest absolute Gasteiger partial charge is 0.475 e. The second kappa shape index (κ2) is 5.54. The molecule has 0 amide bonds. The van der Waals surface area contributed by atoms with Gasteiger partial charge in [0.05, 0.1) is 6.54 Å². The zero-order chi connectivity index (χ0) is 13.1. The maximum Gasteiger partial charge on any atom is 0.371 e. The number of piperidine rings is 1. The smallest absolute Gasteiger partial charge is 0.371 e. The number of hydrogen-bond acceptors (Lipinski definition) is 4. The van der Waals surface area contributed by atoms with Crippen LogP contribution in [-0.4, -0.2) is 28.2 Å². The minimum absolute atomic E-state index is 0.00783. The predicted octanol–water partition coefficient (Wildman–Crippen LogP) is 2.25. The van der Waals surface area contributed by atoms with Crippen molar-refractivity contribution in [2.75, 3.05) is 0 Å². The number of nitrogens with one attached hydrogen (secondary N) is 1. The van der Waals surface area contributed by atoms with Crippen molar-refractivity contribution in [2.45, 2.75) is 51.7 Å². The van der Waals surface area contributed by atoms with Crippen molar-refractivity contribution in [3.05, 3.63) is 23.7 Å². The van der Waals surface area contributed by atoms with E-state index >= 15 is 0 Å². The Kier molecular flexibility index (Phi) is 4.04. The summed E-state index contributed by atoms with van der Waals surface area (Å²) in [5.41, 5.74) is 3.34. The third-order valence-electron chi connectivity index (χ3n) is 3.50. The van der Waals surface area contributed by atoms with Crippen LogP contribution in [0.4, 0.5) is 0 Å². The van der Waals surface area contributed by atoms with Crippen LogP contribution in [0.5, 0.6) is 0 Å². The average molecular weight is 252 g/mol. The monoisotopic (exact) mass is 252 g/mol. The molecule has 2 atom stereocenters. The van der Waals surface area contributed by atoms with Crippen molar-refractivity contribution >= 4 is 5.97 Å². The van der Waals surface area contributed by atoms with Gasteiger partial charge in [0.15, 0.2) is 0 Å². The molecule has 0 bridgehead atoms. The highest BCUT2D eigenvalue weighted by Crippen LogP contribution is 2.20. The Morgan fingerprint density at radius 3 is 2.67 bits per heavy atom. The lowest BCUT2D eigenvalue weighted by atomic mass is 10.00. The van der Waals surface area contributed by atoms with Crippen molar-refractivity contribution in [2.24, 2.45) is 0 Å². The summed E-state index contributed by atoms with van der Waals surface area (Å²) in [7, 11) is 0. The Balaban J connectivity index is 1.91. The highest BCUT2D eigenvalue weighted by molar-refractivity contribution is 5.84. The van der Waals surface area contributed by atoms with Crippen LogP contribution in [0.1, 0.15) is 49.4 Å². The molecular weight excluding hydrogens is 232 g/mol. The minimum atomic E-state index is -1.03. The Morgan fingerprint density at radius 1 is 1.44 bits per heavy atom. The summed E-state index contributed by atoms with van der Waals surface area (Å²) in [5, 5.41) is 11.0. The highest BCUT2D eigenvalue weighted by atomic mass is 16.4. The summed E-state index contributed by atoms with van der Waals surface area (Å²) in [4.78, 5) is 10.7. The van der Waals surface area contributed by atoms with Crippen molar-refractivity contribution in [3.63, 3.8) is 0 Å². The van der Waals surface area contributed by atoms with E-state index in [1.165, 1.54) is 25.3 Å². The molecule has 1 fully saturated rings. The van der Waals surface area contributed by atoms with E-state index in [0.717, 1.165) is 0 Å². The lowest BCUT2D eigenvalue weighted by Crippen LogP contribution is -2.51. The quantitative estimate of drug-likeness (QED) is 0.860. The molecule has 0 saturated carbocycles. The van der Waals surface area contributed by atoms with Crippen LogP contribution < -0.4 is 5.43 Å². The first kappa shape index (κ1) is 13.1. The Labute approximate surface area is 107 Å². The fraction of sp³-hybridized carbons (Fsp3) is 0.615. The predicted molar refractivity (Wildman–Crippen MR) is 67.1 cm³/mol. The van der Waals surface area contributed by atoms with Crippen LogP contribution >= 0.6 is 0 Å². The SMILES string of the molecule is CC1CCCC(C)N1NCc1ccc(C(=O)O)o1. The lowest BCUT2D eigenvalue weighted by molar-refractivity contribution is 0.0406. The van der Waals surface area contributed by atoms with Crippen LogP contribution in [0.3, 0.4) is 0 Å². The molecule has 1 aromatic rings. The Hall–Kier alpha value is -1.33. The van der Waals surface area contributed by atoms with E-state index in [4.69, 9.17) is 9.52 Å². The van der Waals surface area contributed by atoms with Gasteiger partial charge in [0, 0.05) is 12.1 Å². The molecule has 0 aliphatic carbocycles. The van der Waals surface area contributed by atoms with Gasteiger partial charge in [-0.15, -0.1) is 0 Å². The molecule has 2 N–H and O–H groups in total. The summed E-state index contributed by atoms with van der Waals surface area (Å²) < 4.78 is 5.22. The van der Waals surface area contributed by atoms with Crippen LogP contribution in [0, 0.1) is 0 Å². The number of aromatic carboxylic acids is 1. The Bertz CT molecular complexity index is 406. The molecule has 1 aliphatic heterocycles. The number of furan rings is 1. The molecule has 0 radical (unpaired) electrons. The van der Waals surface area contributed by atoms with Gasteiger partial charge in [-0.25, -0.2) is 15.2 Å². The summed E-state index contributed by atoms with van der Waals surface area (Å²) in [6.45, 7) is 4.93. The summed E-state index contributed by atoms with van der Waals surface area (Å²) >= 11 is 0. The van der Waals surface area contributed by atoms with Gasteiger partial charge in [0.1, 0.15) is 5.76 Å². The normalized spacial score (nSPS) is 25.2. The zero-order valence-corrected chi connectivity index (χ0v) is 10.8. The van der Waals surface area contributed by atoms with Gasteiger partial charge < -0.3 is 9.52 Å². The Morgan fingerprint density at radius 2 is 2.11 bits per heavy atom. The molecule has 2 rings (SSSR count). The lowest BCUT2D eigenvalue weighted by Gasteiger charge is -2.38. The number of hydrogen-bond donors (Lipinski definition) is 2. The first-order valence-corrected chi connectivity index (χ1v) is 6.41. The molecule has 1 aliphatic rings. The van der Waals surface area contributed by atoms with Crippen LogP contribution in [0.2, 0.25) is 0 Å². The van der Waals surface area contributed by atoms with Crippen molar-refractivity contribution < 1.29 is 14.3 Å². The van der Waals surface area contributed by atoms with Gasteiger partial charge in [0.25, 0.3) is 0 Å². The van der Waals surface area contributed by atoms with Gasteiger partial charge in [-0.05, 0) is 38.8 Å². The highest BCUT2D eigenvalue weighted by Gasteiger charge is 2.24. The molecule has 18 heavy (non-hydrogen) atoms. The van der Waals surface area contributed by atoms with Gasteiger partial charge in [0.2, 0.25) is 5.76 Å². The van der Waals surface area contributed by atoms with Crippen molar-refractivity contribution in [3.8, 4) is 0 Å². The van der Waals surface area contributed by atoms with E-state index in [9.17, 15) is 4.79 Å². The maximum absolute atomic E-state index is 10.7. The minimum Gasteiger partial charge on any atom is -0.475 e. The van der Waals surface area contributed by atoms with E-state index in [1.807, 2.05) is 0 Å². The van der Waals surface area contributed by atoms with Crippen molar-refractivity contribution in [1.29, 1.82) is 0 Å². The second-order valence-electron chi connectivity index (χ2n) is 4.94. The first-order chi connectivity index (χ1) is 8.58. The van der Waals surface area contributed by atoms with Crippen LogP contribution in [0.15, 0.2) is 16.5 Å². The number of carbonyl (C=O) groups is 1. The third-order valence-corrected chi connectivity index (χ3v) is 3.50.